The van der Waals surface area contributed by atoms with Crippen molar-refractivity contribution in [2.45, 2.75) is 44.8 Å². The minimum absolute atomic E-state index is 0.0364. The first-order valence-corrected chi connectivity index (χ1v) is 10.2. The number of carbonyl (C=O) groups is 1. The molecule has 0 aliphatic rings. The van der Waals surface area contributed by atoms with Gasteiger partial charge < -0.3 is 11.5 Å². The Morgan fingerprint density at radius 3 is 2.28 bits per heavy atom. The number of rotatable bonds is 8. The van der Waals surface area contributed by atoms with Crippen LogP contribution in [0.1, 0.15) is 52.3 Å². The summed E-state index contributed by atoms with van der Waals surface area (Å²) in [5, 5.41) is 0. The number of hydrogen-bond acceptors (Lipinski definition) is 4. The third-order valence-corrected chi connectivity index (χ3v) is 5.20. The van der Waals surface area contributed by atoms with Gasteiger partial charge in [-0.2, -0.15) is 13.2 Å². The summed E-state index contributed by atoms with van der Waals surface area (Å²) in [7, 11) is 0. The van der Waals surface area contributed by atoms with E-state index in [-0.39, 0.29) is 24.6 Å². The van der Waals surface area contributed by atoms with Crippen molar-refractivity contribution in [3.05, 3.63) is 94.1 Å². The number of carbonyl (C=O) groups excluding carboxylic acids is 1. The first-order valence-electron chi connectivity index (χ1n) is 10.2. The molecule has 3 aromatic rings. The molecule has 0 spiro atoms. The molecule has 168 valence electrons. The summed E-state index contributed by atoms with van der Waals surface area (Å²) in [4.78, 5) is 19.5. The molecule has 4 N–H and O–H groups in total. The van der Waals surface area contributed by atoms with E-state index in [1.807, 2.05) is 31.2 Å². The lowest BCUT2D eigenvalue weighted by Gasteiger charge is -2.14. The van der Waals surface area contributed by atoms with E-state index < -0.39 is 17.6 Å². The lowest BCUT2D eigenvalue weighted by atomic mass is 9.98. The van der Waals surface area contributed by atoms with Crippen LogP contribution in [0, 0.1) is 0 Å². The molecule has 3 rings (SSSR count). The monoisotopic (exact) mass is 442 g/mol. The normalized spacial score (nSPS) is 12.5. The molecule has 2 aromatic carbocycles. The number of nitrogens with zero attached hydrogens (tertiary/aromatic N) is 2. The molecule has 1 aromatic heterocycles. The zero-order valence-corrected chi connectivity index (χ0v) is 17.7. The lowest BCUT2D eigenvalue weighted by molar-refractivity contribution is -0.138. The smallest absolute Gasteiger partial charge is 0.369 e. The van der Waals surface area contributed by atoms with E-state index in [0.29, 0.717) is 24.2 Å². The maximum Gasteiger partial charge on any atom is 0.419 e. The summed E-state index contributed by atoms with van der Waals surface area (Å²) < 4.78 is 40.7. The van der Waals surface area contributed by atoms with E-state index >= 15 is 0 Å². The number of hydrogen-bond donors (Lipinski definition) is 2. The van der Waals surface area contributed by atoms with Crippen molar-refractivity contribution in [1.29, 1.82) is 0 Å². The van der Waals surface area contributed by atoms with Crippen LogP contribution < -0.4 is 11.5 Å². The van der Waals surface area contributed by atoms with Gasteiger partial charge in [0.25, 0.3) is 0 Å². The highest BCUT2D eigenvalue weighted by molar-refractivity contribution is 5.77. The number of benzene rings is 2. The molecule has 1 heterocycles. The molecule has 0 fully saturated rings. The minimum Gasteiger partial charge on any atom is -0.369 e. The highest BCUT2D eigenvalue weighted by atomic mass is 19.4. The third kappa shape index (κ3) is 6.13. The maximum absolute atomic E-state index is 13.6. The number of aromatic nitrogens is 2. The second-order valence-corrected chi connectivity index (χ2v) is 7.76. The molecule has 1 atom stereocenters. The number of primary amides is 1. The molecule has 0 saturated carbocycles. The summed E-state index contributed by atoms with van der Waals surface area (Å²) in [6.45, 7) is 1.88. The minimum atomic E-state index is -4.56. The van der Waals surface area contributed by atoms with Gasteiger partial charge in [0.2, 0.25) is 5.91 Å². The summed E-state index contributed by atoms with van der Waals surface area (Å²) in [6, 6.07) is 14.5. The standard InChI is InChI=1S/C24H25F3N4O/c1-15(28)17-8-6-16(7-9-17)12-23-30-14-20(24(25,26)27)21(31-23)11-10-18-4-2-3-5-19(18)13-22(29)32/h2-9,14-15H,10-13,28H2,1H3,(H2,29,32). The van der Waals surface area contributed by atoms with Gasteiger partial charge in [-0.25, -0.2) is 9.97 Å². The Kier molecular flexibility index (Phi) is 7.25. The van der Waals surface area contributed by atoms with E-state index in [4.69, 9.17) is 11.5 Å². The average molecular weight is 442 g/mol. The Labute approximate surface area is 184 Å². The molecule has 32 heavy (non-hydrogen) atoms. The van der Waals surface area contributed by atoms with E-state index in [9.17, 15) is 18.0 Å². The van der Waals surface area contributed by atoms with Crippen molar-refractivity contribution in [3.63, 3.8) is 0 Å². The quantitative estimate of drug-likeness (QED) is 0.553. The first kappa shape index (κ1) is 23.4. The molecule has 8 heteroatoms. The van der Waals surface area contributed by atoms with Gasteiger partial charge in [0, 0.05) is 18.7 Å². The molecule has 1 unspecified atom stereocenters. The molecular formula is C24H25F3N4O. The molecule has 0 aliphatic heterocycles. The zero-order valence-electron chi connectivity index (χ0n) is 17.7. The van der Waals surface area contributed by atoms with Crippen LogP contribution in [0.4, 0.5) is 13.2 Å². The molecule has 5 nitrogen and oxygen atoms in total. The van der Waals surface area contributed by atoms with Crippen molar-refractivity contribution in [1.82, 2.24) is 9.97 Å². The fourth-order valence-electron chi connectivity index (χ4n) is 3.51. The Bertz CT molecular complexity index is 1080. The third-order valence-electron chi connectivity index (χ3n) is 5.20. The molecule has 0 bridgehead atoms. The fraction of sp³-hybridized carbons (Fsp3) is 0.292. The van der Waals surface area contributed by atoms with Gasteiger partial charge >= 0.3 is 6.18 Å². The Morgan fingerprint density at radius 2 is 1.69 bits per heavy atom. The van der Waals surface area contributed by atoms with Crippen LogP contribution in [0.5, 0.6) is 0 Å². The second-order valence-electron chi connectivity index (χ2n) is 7.76. The van der Waals surface area contributed by atoms with Gasteiger partial charge in [0.15, 0.2) is 0 Å². The maximum atomic E-state index is 13.6. The summed E-state index contributed by atoms with van der Waals surface area (Å²) in [5.41, 5.74) is 13.6. The van der Waals surface area contributed by atoms with Crippen LogP contribution in [0.3, 0.4) is 0 Å². The van der Waals surface area contributed by atoms with Crippen molar-refractivity contribution in [2.75, 3.05) is 0 Å². The molecule has 0 saturated heterocycles. The van der Waals surface area contributed by atoms with E-state index in [2.05, 4.69) is 9.97 Å². The zero-order chi connectivity index (χ0) is 23.3. The van der Waals surface area contributed by atoms with Gasteiger partial charge in [-0.15, -0.1) is 0 Å². The van der Waals surface area contributed by atoms with Crippen LogP contribution in [0.25, 0.3) is 0 Å². The molecular weight excluding hydrogens is 417 g/mol. The van der Waals surface area contributed by atoms with E-state index in [1.54, 1.807) is 24.3 Å². The van der Waals surface area contributed by atoms with E-state index in [1.165, 1.54) is 0 Å². The Hall–Kier alpha value is -3.26. The lowest BCUT2D eigenvalue weighted by Crippen LogP contribution is -2.16. The number of amides is 1. The van der Waals surface area contributed by atoms with Gasteiger partial charge in [-0.3, -0.25) is 4.79 Å². The first-order chi connectivity index (χ1) is 15.1. The van der Waals surface area contributed by atoms with Gasteiger partial charge in [-0.1, -0.05) is 48.5 Å². The summed E-state index contributed by atoms with van der Waals surface area (Å²) in [6.07, 6.45) is -3.00. The van der Waals surface area contributed by atoms with Crippen LogP contribution in [0.15, 0.2) is 54.7 Å². The Balaban J connectivity index is 1.84. The predicted octanol–water partition coefficient (Wildman–Crippen LogP) is 3.92. The fourth-order valence-corrected chi connectivity index (χ4v) is 3.51. The number of halogens is 3. The topological polar surface area (TPSA) is 94.9 Å². The highest BCUT2D eigenvalue weighted by Gasteiger charge is 2.34. The molecule has 0 aliphatic carbocycles. The van der Waals surface area contributed by atoms with Crippen LogP contribution in [-0.2, 0) is 36.7 Å². The van der Waals surface area contributed by atoms with Crippen molar-refractivity contribution in [3.8, 4) is 0 Å². The number of aryl methyl sites for hydroxylation is 2. The largest absolute Gasteiger partial charge is 0.419 e. The Morgan fingerprint density at radius 1 is 1.03 bits per heavy atom. The van der Waals surface area contributed by atoms with Crippen molar-refractivity contribution < 1.29 is 18.0 Å². The summed E-state index contributed by atoms with van der Waals surface area (Å²) in [5.74, 6) is -0.181. The highest BCUT2D eigenvalue weighted by Crippen LogP contribution is 2.31. The number of alkyl halides is 3. The van der Waals surface area contributed by atoms with Crippen LogP contribution >= 0.6 is 0 Å². The van der Waals surface area contributed by atoms with Crippen LogP contribution in [0.2, 0.25) is 0 Å². The average Bonchev–Trinajstić information content (AvgIpc) is 2.72. The van der Waals surface area contributed by atoms with Gasteiger partial charge in [-0.05, 0) is 42.0 Å². The van der Waals surface area contributed by atoms with Gasteiger partial charge in [0.05, 0.1) is 17.7 Å². The molecule has 0 radical (unpaired) electrons. The second kappa shape index (κ2) is 9.91. The number of nitrogens with two attached hydrogens (primary N) is 2. The van der Waals surface area contributed by atoms with Crippen LogP contribution in [-0.4, -0.2) is 15.9 Å². The van der Waals surface area contributed by atoms with E-state index in [0.717, 1.165) is 22.9 Å². The predicted molar refractivity (Wildman–Crippen MR) is 116 cm³/mol. The van der Waals surface area contributed by atoms with Crippen molar-refractivity contribution in [2.24, 2.45) is 11.5 Å². The SMILES string of the molecule is CC(N)c1ccc(Cc2ncc(C(F)(F)F)c(CCc3ccccc3CC(N)=O)n2)cc1. The molecule has 1 amide bonds. The van der Waals surface area contributed by atoms with Crippen molar-refractivity contribution >= 4 is 5.91 Å². The van der Waals surface area contributed by atoms with Gasteiger partial charge in [0.1, 0.15) is 5.82 Å². The summed E-state index contributed by atoms with van der Waals surface area (Å²) >= 11 is 0.